The number of amides is 2. The standard InChI is InChI=1S/C16H20BrN5O4S/c1-26-8-4-7-22-15(25)20-21-16(22)27-10-14(24)18-9-13(23)19-12-6-3-2-5-11(12)17/h2-3,5-6H,4,7-10H2,1H3,(H,18,24)(H,19,23)(H,20,25). The van der Waals surface area contributed by atoms with E-state index in [2.05, 4.69) is 36.8 Å². The molecule has 0 aliphatic heterocycles. The molecule has 2 amide bonds. The fourth-order valence-electron chi connectivity index (χ4n) is 2.09. The summed E-state index contributed by atoms with van der Waals surface area (Å²) in [4.78, 5) is 35.6. The second kappa shape index (κ2) is 10.9. The van der Waals surface area contributed by atoms with Gasteiger partial charge < -0.3 is 15.4 Å². The molecule has 2 rings (SSSR count). The van der Waals surface area contributed by atoms with Crippen LogP contribution in [0.1, 0.15) is 6.42 Å². The van der Waals surface area contributed by atoms with Gasteiger partial charge >= 0.3 is 5.69 Å². The van der Waals surface area contributed by atoms with Crippen molar-refractivity contribution in [3.63, 3.8) is 0 Å². The lowest BCUT2D eigenvalue weighted by molar-refractivity contribution is -0.122. The number of nitrogens with one attached hydrogen (secondary N) is 3. The number of ether oxygens (including phenoxy) is 1. The first-order valence-corrected chi connectivity index (χ1v) is 9.87. The fourth-order valence-corrected chi connectivity index (χ4v) is 3.28. The number of hydrogen-bond donors (Lipinski definition) is 3. The van der Waals surface area contributed by atoms with Crippen LogP contribution in [0.3, 0.4) is 0 Å². The highest BCUT2D eigenvalue weighted by atomic mass is 79.9. The maximum atomic E-state index is 12.0. The summed E-state index contributed by atoms with van der Waals surface area (Å²) in [6.07, 6.45) is 0.658. The molecule has 9 nitrogen and oxygen atoms in total. The van der Waals surface area contributed by atoms with Gasteiger partial charge in [-0.15, -0.1) is 5.10 Å². The van der Waals surface area contributed by atoms with Crippen molar-refractivity contribution in [3.8, 4) is 0 Å². The Morgan fingerprint density at radius 2 is 2.11 bits per heavy atom. The van der Waals surface area contributed by atoms with Gasteiger partial charge in [-0.2, -0.15) is 0 Å². The van der Waals surface area contributed by atoms with Crippen LogP contribution in [0.5, 0.6) is 0 Å². The molecular weight excluding hydrogens is 438 g/mol. The lowest BCUT2D eigenvalue weighted by Gasteiger charge is -2.08. The number of aromatic amines is 1. The van der Waals surface area contributed by atoms with E-state index in [4.69, 9.17) is 4.74 Å². The monoisotopic (exact) mass is 457 g/mol. The van der Waals surface area contributed by atoms with E-state index in [1.54, 1.807) is 25.3 Å². The number of para-hydroxylation sites is 1. The van der Waals surface area contributed by atoms with Gasteiger partial charge in [0.25, 0.3) is 0 Å². The number of aromatic nitrogens is 3. The van der Waals surface area contributed by atoms with Crippen LogP contribution in [0.2, 0.25) is 0 Å². The van der Waals surface area contributed by atoms with Crippen LogP contribution < -0.4 is 16.3 Å². The summed E-state index contributed by atoms with van der Waals surface area (Å²) in [5, 5.41) is 11.9. The third-order valence-corrected chi connectivity index (χ3v) is 5.05. The van der Waals surface area contributed by atoms with Crippen molar-refractivity contribution in [2.75, 3.05) is 31.3 Å². The van der Waals surface area contributed by atoms with Crippen LogP contribution in [0.15, 0.2) is 38.7 Å². The van der Waals surface area contributed by atoms with E-state index < -0.39 is 0 Å². The zero-order valence-electron chi connectivity index (χ0n) is 14.7. The highest BCUT2D eigenvalue weighted by Crippen LogP contribution is 2.20. The molecule has 27 heavy (non-hydrogen) atoms. The largest absolute Gasteiger partial charge is 0.385 e. The van der Waals surface area contributed by atoms with Gasteiger partial charge in [0.05, 0.1) is 18.0 Å². The van der Waals surface area contributed by atoms with E-state index >= 15 is 0 Å². The van der Waals surface area contributed by atoms with Crippen molar-refractivity contribution in [2.45, 2.75) is 18.1 Å². The lowest BCUT2D eigenvalue weighted by atomic mass is 10.3. The molecule has 0 atom stereocenters. The first kappa shape index (κ1) is 21.2. The molecule has 3 N–H and O–H groups in total. The molecular formula is C16H20BrN5O4S. The van der Waals surface area contributed by atoms with E-state index in [1.165, 1.54) is 4.57 Å². The van der Waals surface area contributed by atoms with Gasteiger partial charge in [0.2, 0.25) is 11.8 Å². The minimum atomic E-state index is -0.337. The number of carbonyl (C=O) groups is 2. The zero-order valence-corrected chi connectivity index (χ0v) is 17.1. The number of H-pyrrole nitrogens is 1. The van der Waals surface area contributed by atoms with Crippen LogP contribution in [-0.4, -0.2) is 52.6 Å². The van der Waals surface area contributed by atoms with E-state index in [0.717, 1.165) is 16.2 Å². The molecule has 0 aliphatic carbocycles. The minimum Gasteiger partial charge on any atom is -0.385 e. The zero-order chi connectivity index (χ0) is 19.6. The summed E-state index contributed by atoms with van der Waals surface area (Å²) in [5.74, 6) is -0.630. The van der Waals surface area contributed by atoms with E-state index in [1.807, 2.05) is 6.07 Å². The molecule has 0 aliphatic rings. The number of anilines is 1. The van der Waals surface area contributed by atoms with Gasteiger partial charge in [0.15, 0.2) is 5.16 Å². The van der Waals surface area contributed by atoms with Crippen molar-refractivity contribution in [1.82, 2.24) is 20.1 Å². The topological polar surface area (TPSA) is 118 Å². The summed E-state index contributed by atoms with van der Waals surface area (Å²) in [6.45, 7) is 0.818. The maximum absolute atomic E-state index is 12.0. The second-order valence-corrected chi connectivity index (χ2v) is 7.20. The van der Waals surface area contributed by atoms with Crippen LogP contribution in [-0.2, 0) is 20.9 Å². The Morgan fingerprint density at radius 3 is 2.85 bits per heavy atom. The van der Waals surface area contributed by atoms with Crippen molar-refractivity contribution in [3.05, 3.63) is 39.2 Å². The SMILES string of the molecule is COCCCn1c(SCC(=O)NCC(=O)Nc2ccccc2Br)n[nH]c1=O. The van der Waals surface area contributed by atoms with Crippen molar-refractivity contribution in [1.29, 1.82) is 0 Å². The molecule has 0 fully saturated rings. The summed E-state index contributed by atoms with van der Waals surface area (Å²) in [5.41, 5.74) is 0.296. The number of halogens is 1. The molecule has 1 aromatic carbocycles. The van der Waals surface area contributed by atoms with Crippen molar-refractivity contribution < 1.29 is 14.3 Å². The predicted octanol–water partition coefficient (Wildman–Crippen LogP) is 1.22. The average Bonchev–Trinajstić information content (AvgIpc) is 3.00. The molecule has 1 aromatic heterocycles. The average molecular weight is 458 g/mol. The quantitative estimate of drug-likeness (QED) is 0.364. The first-order chi connectivity index (χ1) is 13.0. The Hall–Kier alpha value is -2.11. The predicted molar refractivity (Wildman–Crippen MR) is 106 cm³/mol. The van der Waals surface area contributed by atoms with Gasteiger partial charge in [0, 0.05) is 24.7 Å². The Balaban J connectivity index is 1.77. The Labute approximate surface area is 168 Å². The Kier molecular flexibility index (Phi) is 8.55. The summed E-state index contributed by atoms with van der Waals surface area (Å²) in [6, 6.07) is 7.19. The molecule has 146 valence electrons. The first-order valence-electron chi connectivity index (χ1n) is 8.09. The van der Waals surface area contributed by atoms with Gasteiger partial charge in [-0.1, -0.05) is 23.9 Å². The second-order valence-electron chi connectivity index (χ2n) is 5.40. The lowest BCUT2D eigenvalue weighted by Crippen LogP contribution is -2.34. The summed E-state index contributed by atoms with van der Waals surface area (Å²) in [7, 11) is 1.59. The van der Waals surface area contributed by atoms with E-state index in [9.17, 15) is 14.4 Å². The van der Waals surface area contributed by atoms with Crippen molar-refractivity contribution in [2.24, 2.45) is 0 Å². The number of benzene rings is 1. The number of methoxy groups -OCH3 is 1. The molecule has 0 unspecified atom stereocenters. The van der Waals surface area contributed by atoms with E-state index in [0.29, 0.717) is 30.4 Å². The van der Waals surface area contributed by atoms with Crippen LogP contribution >= 0.6 is 27.7 Å². The molecule has 0 saturated heterocycles. The van der Waals surface area contributed by atoms with Crippen LogP contribution in [0.4, 0.5) is 5.69 Å². The highest BCUT2D eigenvalue weighted by molar-refractivity contribution is 9.10. The number of nitrogens with zero attached hydrogens (tertiary/aromatic N) is 2. The van der Waals surface area contributed by atoms with Gasteiger partial charge in [-0.3, -0.25) is 14.2 Å². The van der Waals surface area contributed by atoms with Crippen LogP contribution in [0.25, 0.3) is 0 Å². The molecule has 0 radical (unpaired) electrons. The van der Waals surface area contributed by atoms with Crippen LogP contribution in [0, 0.1) is 0 Å². The Bertz CT molecular complexity index is 838. The third kappa shape index (κ3) is 6.85. The smallest absolute Gasteiger partial charge is 0.343 e. The van der Waals surface area contributed by atoms with E-state index in [-0.39, 0.29) is 29.8 Å². The minimum absolute atomic E-state index is 0.0386. The molecule has 1 heterocycles. The molecule has 0 spiro atoms. The maximum Gasteiger partial charge on any atom is 0.343 e. The number of carbonyl (C=O) groups excluding carboxylic acids is 2. The highest BCUT2D eigenvalue weighted by Gasteiger charge is 2.12. The number of hydrogen-bond acceptors (Lipinski definition) is 6. The number of thioether (sulfide) groups is 1. The molecule has 2 aromatic rings. The van der Waals surface area contributed by atoms with Gasteiger partial charge in [0.1, 0.15) is 0 Å². The fraction of sp³-hybridized carbons (Fsp3) is 0.375. The Morgan fingerprint density at radius 1 is 1.33 bits per heavy atom. The summed E-state index contributed by atoms with van der Waals surface area (Å²) < 4.78 is 7.17. The third-order valence-electron chi connectivity index (χ3n) is 3.38. The van der Waals surface area contributed by atoms with Gasteiger partial charge in [-0.25, -0.2) is 9.89 Å². The molecule has 11 heteroatoms. The molecule has 0 bridgehead atoms. The van der Waals surface area contributed by atoms with Gasteiger partial charge in [-0.05, 0) is 34.5 Å². The number of rotatable bonds is 10. The summed E-state index contributed by atoms with van der Waals surface area (Å²) >= 11 is 4.46. The van der Waals surface area contributed by atoms with Crippen molar-refractivity contribution >= 4 is 45.2 Å². The molecule has 0 saturated carbocycles. The normalized spacial score (nSPS) is 10.6.